The molecule has 0 aliphatic carbocycles. The molecule has 3 rings (SSSR count). The van der Waals surface area contributed by atoms with E-state index in [1.165, 1.54) is 0 Å². The van der Waals surface area contributed by atoms with Gasteiger partial charge in [0.2, 0.25) is 0 Å². The second-order valence-electron chi connectivity index (χ2n) is 6.15. The highest BCUT2D eigenvalue weighted by atomic mass is 79.9. The number of benzene rings is 1. The van der Waals surface area contributed by atoms with Crippen LogP contribution in [0.1, 0.15) is 19.8 Å². The number of carbonyl (C=O) groups excluding carboxylic acids is 2. The highest BCUT2D eigenvalue weighted by Crippen LogP contribution is 2.30. The highest BCUT2D eigenvalue weighted by molar-refractivity contribution is 9.09. The van der Waals surface area contributed by atoms with Gasteiger partial charge in [-0.05, 0) is 31.2 Å². The molecule has 1 aliphatic rings. The fraction of sp³-hybridized carbons (Fsp3) is 0.333. The largest absolute Gasteiger partial charge is 0.428 e. The molecule has 1 N–H and O–H groups in total. The van der Waals surface area contributed by atoms with Crippen molar-refractivity contribution in [3.05, 3.63) is 48.8 Å². The van der Waals surface area contributed by atoms with Crippen LogP contribution in [0.5, 0.6) is 0 Å². The first-order valence-corrected chi connectivity index (χ1v) is 9.23. The Labute approximate surface area is 150 Å². The fourth-order valence-corrected chi connectivity index (χ4v) is 3.93. The Balaban J connectivity index is 1.94. The van der Waals surface area contributed by atoms with Gasteiger partial charge in [0.05, 0.1) is 17.9 Å². The number of alkyl halides is 1. The molecule has 24 heavy (non-hydrogen) atoms. The average molecular weight is 391 g/mol. The van der Waals surface area contributed by atoms with Crippen molar-refractivity contribution in [2.75, 3.05) is 17.2 Å². The summed E-state index contributed by atoms with van der Waals surface area (Å²) in [4.78, 5) is 25.6. The van der Waals surface area contributed by atoms with Crippen LogP contribution < -0.4 is 5.32 Å². The van der Waals surface area contributed by atoms with Crippen LogP contribution in [0.3, 0.4) is 0 Å². The lowest BCUT2D eigenvalue weighted by molar-refractivity contribution is -0.780. The molecular formula is C18H21BrN3O2+. The molecule has 2 atom stereocenters. The molecule has 1 aromatic heterocycles. The zero-order valence-corrected chi connectivity index (χ0v) is 15.2. The summed E-state index contributed by atoms with van der Waals surface area (Å²) in [6.07, 6.45) is 5.62. The summed E-state index contributed by atoms with van der Waals surface area (Å²) in [5, 5.41) is 3.18. The lowest BCUT2D eigenvalue weighted by atomic mass is 10.2. The molecule has 1 saturated heterocycles. The molecule has 1 aromatic carbocycles. The summed E-state index contributed by atoms with van der Waals surface area (Å²) in [5.41, 5.74) is 1.59. The fourth-order valence-electron chi connectivity index (χ4n) is 3.48. The third kappa shape index (κ3) is 2.80. The second-order valence-corrected chi connectivity index (χ2v) is 6.71. The standard InChI is InChI=1S/C18H20BrN3O2/c1-14-7-6-12-22(14,17(23)13-19)18(24)20-15-8-2-3-9-16(15)21-10-4-5-11-21/h2-5,8-11,14H,6-7,12-13H2,1H3/p+1/t14-,22?/m1/s1. The van der Waals surface area contributed by atoms with E-state index in [1.807, 2.05) is 60.3 Å². The molecule has 1 unspecified atom stereocenters. The maximum absolute atomic E-state index is 13.1. The third-order valence-corrected chi connectivity index (χ3v) is 5.31. The Kier molecular flexibility index (Phi) is 4.87. The van der Waals surface area contributed by atoms with Crippen molar-refractivity contribution < 1.29 is 14.1 Å². The van der Waals surface area contributed by atoms with E-state index >= 15 is 0 Å². The van der Waals surface area contributed by atoms with E-state index in [0.717, 1.165) is 18.5 Å². The number of nitrogens with zero attached hydrogens (tertiary/aromatic N) is 2. The summed E-state index contributed by atoms with van der Waals surface area (Å²) >= 11 is 3.24. The first-order valence-electron chi connectivity index (χ1n) is 8.10. The maximum Gasteiger partial charge on any atom is 0.428 e. The number of anilines is 1. The van der Waals surface area contributed by atoms with Gasteiger partial charge in [-0.15, -0.1) is 0 Å². The first-order chi connectivity index (χ1) is 11.6. The summed E-state index contributed by atoms with van der Waals surface area (Å²) in [6, 6.07) is 11.2. The molecule has 0 bridgehead atoms. The first kappa shape index (κ1) is 16.9. The van der Waals surface area contributed by atoms with Crippen LogP contribution in [0, 0.1) is 0 Å². The van der Waals surface area contributed by atoms with E-state index in [9.17, 15) is 9.59 Å². The smallest absolute Gasteiger partial charge is 0.322 e. The summed E-state index contributed by atoms with van der Waals surface area (Å²) < 4.78 is 1.81. The monoisotopic (exact) mass is 390 g/mol. The molecular weight excluding hydrogens is 370 g/mol. The van der Waals surface area contributed by atoms with Gasteiger partial charge in [0, 0.05) is 25.2 Å². The number of hydrogen-bond donors (Lipinski definition) is 1. The minimum Gasteiger partial charge on any atom is -0.322 e. The Bertz CT molecular complexity index is 744. The molecule has 5 nitrogen and oxygen atoms in total. The zero-order chi connectivity index (χ0) is 17.2. The van der Waals surface area contributed by atoms with Crippen molar-refractivity contribution in [3.63, 3.8) is 0 Å². The van der Waals surface area contributed by atoms with Crippen molar-refractivity contribution in [3.8, 4) is 5.69 Å². The van der Waals surface area contributed by atoms with Crippen molar-refractivity contribution in [1.29, 1.82) is 0 Å². The second kappa shape index (κ2) is 6.91. The molecule has 0 radical (unpaired) electrons. The van der Waals surface area contributed by atoms with Crippen LogP contribution >= 0.6 is 15.9 Å². The maximum atomic E-state index is 13.1. The molecule has 2 aromatic rings. The molecule has 1 aliphatic heterocycles. The number of likely N-dealkylation sites (tertiary alicyclic amines) is 1. The number of halogens is 1. The lowest BCUT2D eigenvalue weighted by Gasteiger charge is -2.32. The average Bonchev–Trinajstić information content (AvgIpc) is 3.25. The van der Waals surface area contributed by atoms with Crippen molar-refractivity contribution in [2.24, 2.45) is 0 Å². The van der Waals surface area contributed by atoms with Gasteiger partial charge in [0.25, 0.3) is 0 Å². The molecule has 1 fully saturated rings. The zero-order valence-electron chi connectivity index (χ0n) is 13.6. The number of urea groups is 1. The van der Waals surface area contributed by atoms with Gasteiger partial charge in [-0.2, -0.15) is 4.48 Å². The third-order valence-electron chi connectivity index (χ3n) is 4.84. The van der Waals surface area contributed by atoms with Crippen molar-refractivity contribution in [2.45, 2.75) is 25.8 Å². The van der Waals surface area contributed by atoms with Crippen LogP contribution in [0.2, 0.25) is 0 Å². The topological polar surface area (TPSA) is 51.1 Å². The van der Waals surface area contributed by atoms with E-state index in [1.54, 1.807) is 0 Å². The number of amides is 3. The normalized spacial score (nSPS) is 23.2. The summed E-state index contributed by atoms with van der Waals surface area (Å²) in [5.74, 6) is -0.0871. The van der Waals surface area contributed by atoms with Crippen molar-refractivity contribution >= 4 is 33.6 Å². The molecule has 0 saturated carbocycles. The Morgan fingerprint density at radius 2 is 1.96 bits per heavy atom. The SMILES string of the molecule is C[C@@H]1CCC[N+]1(C(=O)CBr)C(=O)Nc1ccccc1-n1cccc1. The Morgan fingerprint density at radius 1 is 1.25 bits per heavy atom. The van der Waals surface area contributed by atoms with E-state index in [4.69, 9.17) is 0 Å². The van der Waals surface area contributed by atoms with Gasteiger partial charge < -0.3 is 4.57 Å². The van der Waals surface area contributed by atoms with E-state index in [-0.39, 0.29) is 27.8 Å². The summed E-state index contributed by atoms with van der Waals surface area (Å²) in [6.45, 7) is 2.54. The minimum absolute atomic E-state index is 0.00575. The number of hydrogen-bond acceptors (Lipinski definition) is 2. The van der Waals surface area contributed by atoms with Gasteiger partial charge >= 0.3 is 11.9 Å². The highest BCUT2D eigenvalue weighted by Gasteiger charge is 2.51. The quantitative estimate of drug-likeness (QED) is 0.637. The number of carbonyl (C=O) groups is 2. The number of aromatic nitrogens is 1. The number of quaternary nitrogens is 1. The number of imide groups is 1. The van der Waals surface area contributed by atoms with Gasteiger partial charge in [0.15, 0.2) is 0 Å². The van der Waals surface area contributed by atoms with Gasteiger partial charge in [0.1, 0.15) is 11.4 Å². The molecule has 126 valence electrons. The Morgan fingerprint density at radius 3 is 2.58 bits per heavy atom. The van der Waals surface area contributed by atoms with E-state index in [2.05, 4.69) is 21.2 Å². The van der Waals surface area contributed by atoms with Gasteiger partial charge in [-0.3, -0.25) is 5.32 Å². The number of rotatable bonds is 3. The van der Waals surface area contributed by atoms with Crippen LogP contribution in [-0.2, 0) is 4.79 Å². The number of para-hydroxylation sites is 2. The summed E-state index contributed by atoms with van der Waals surface area (Å²) in [7, 11) is 0. The van der Waals surface area contributed by atoms with Crippen LogP contribution in [0.15, 0.2) is 48.8 Å². The molecule has 6 heteroatoms. The van der Waals surface area contributed by atoms with Crippen LogP contribution in [0.4, 0.5) is 10.5 Å². The minimum atomic E-state index is -0.246. The lowest BCUT2D eigenvalue weighted by Crippen LogP contribution is -2.61. The van der Waals surface area contributed by atoms with Gasteiger partial charge in [-0.25, -0.2) is 9.59 Å². The predicted molar refractivity (Wildman–Crippen MR) is 97.4 cm³/mol. The van der Waals surface area contributed by atoms with Crippen LogP contribution in [-0.4, -0.2) is 38.9 Å². The van der Waals surface area contributed by atoms with Crippen molar-refractivity contribution in [1.82, 2.24) is 4.57 Å². The van der Waals surface area contributed by atoms with Crippen LogP contribution in [0.25, 0.3) is 5.69 Å². The van der Waals surface area contributed by atoms with E-state index < -0.39 is 0 Å². The molecule has 0 spiro atoms. The molecule has 3 amide bonds. The van der Waals surface area contributed by atoms with Gasteiger partial charge in [-0.1, -0.05) is 28.1 Å². The van der Waals surface area contributed by atoms with E-state index in [0.29, 0.717) is 12.2 Å². The number of nitrogens with one attached hydrogen (secondary N) is 1. The Hall–Kier alpha value is -1.92. The molecule has 2 heterocycles. The predicted octanol–water partition coefficient (Wildman–Crippen LogP) is 3.93.